The minimum absolute atomic E-state index is 0.170. The summed E-state index contributed by atoms with van der Waals surface area (Å²) in [5.74, 6) is 0.0700. The number of ether oxygens (including phenoxy) is 1. The highest BCUT2D eigenvalue weighted by atomic mass is 35.5. The first-order valence-corrected chi connectivity index (χ1v) is 10.6. The fourth-order valence-electron chi connectivity index (χ4n) is 3.25. The van der Waals surface area contributed by atoms with E-state index in [2.05, 4.69) is 10.4 Å². The number of benzene rings is 3. The number of aromatic nitrogens is 2. The monoisotopic (exact) mass is 505 g/mol. The maximum Gasteiger partial charge on any atom is 0.435 e. The molecule has 5 nitrogen and oxygen atoms in total. The van der Waals surface area contributed by atoms with Crippen molar-refractivity contribution >= 4 is 34.8 Å². The second-order valence-electron chi connectivity index (χ2n) is 7.15. The maximum atomic E-state index is 13.4. The van der Waals surface area contributed by atoms with Gasteiger partial charge in [-0.2, -0.15) is 18.3 Å². The first kappa shape index (κ1) is 23.7. The Morgan fingerprint density at radius 1 is 0.971 bits per heavy atom. The van der Waals surface area contributed by atoms with E-state index in [0.717, 1.165) is 10.7 Å². The van der Waals surface area contributed by atoms with Crippen LogP contribution < -0.4 is 10.1 Å². The minimum Gasteiger partial charge on any atom is -0.497 e. The van der Waals surface area contributed by atoms with Crippen LogP contribution >= 0.6 is 23.2 Å². The summed E-state index contributed by atoms with van der Waals surface area (Å²) in [6, 6.07) is 18.3. The Labute approximate surface area is 202 Å². The molecular formula is C24H16Cl2F3N3O2. The van der Waals surface area contributed by atoms with E-state index in [4.69, 9.17) is 27.9 Å². The molecule has 4 rings (SSSR count). The van der Waals surface area contributed by atoms with Crippen molar-refractivity contribution in [3.05, 3.63) is 94.1 Å². The Balaban J connectivity index is 1.67. The van der Waals surface area contributed by atoms with Gasteiger partial charge in [0.1, 0.15) is 5.75 Å². The molecule has 0 radical (unpaired) electrons. The van der Waals surface area contributed by atoms with E-state index in [9.17, 15) is 18.0 Å². The predicted molar refractivity (Wildman–Crippen MR) is 125 cm³/mol. The number of amides is 1. The standard InChI is InChI=1S/C24H16Cl2F3N3O2/c1-34-16-10-11-17(25)19(12-16)30-23(33)15-8-6-14(7-9-15)21-13-22(24(27,28)29)31-32(21)20-5-3-2-4-18(20)26/h2-13H,1H3,(H,30,33). The number of carbonyl (C=O) groups excluding carboxylic acids is 1. The Bertz CT molecular complexity index is 1350. The first-order valence-electron chi connectivity index (χ1n) is 9.85. The van der Waals surface area contributed by atoms with Crippen molar-refractivity contribution in [3.8, 4) is 22.7 Å². The number of nitrogens with one attached hydrogen (secondary N) is 1. The van der Waals surface area contributed by atoms with Crippen LogP contribution in [0.15, 0.2) is 72.8 Å². The number of hydrogen-bond acceptors (Lipinski definition) is 3. The molecule has 34 heavy (non-hydrogen) atoms. The van der Waals surface area contributed by atoms with Gasteiger partial charge in [0.2, 0.25) is 0 Å². The van der Waals surface area contributed by atoms with Crippen LogP contribution in [0.1, 0.15) is 16.1 Å². The third kappa shape index (κ3) is 4.88. The highest BCUT2D eigenvalue weighted by Crippen LogP contribution is 2.35. The highest BCUT2D eigenvalue weighted by Gasteiger charge is 2.35. The fraction of sp³-hybridized carbons (Fsp3) is 0.0833. The van der Waals surface area contributed by atoms with E-state index < -0.39 is 17.8 Å². The van der Waals surface area contributed by atoms with Crippen molar-refractivity contribution in [2.45, 2.75) is 6.18 Å². The third-order valence-corrected chi connectivity index (χ3v) is 5.59. The molecule has 1 amide bonds. The van der Waals surface area contributed by atoms with E-state index >= 15 is 0 Å². The minimum atomic E-state index is -4.64. The first-order chi connectivity index (χ1) is 16.2. The van der Waals surface area contributed by atoms with Gasteiger partial charge in [0.05, 0.1) is 34.2 Å². The van der Waals surface area contributed by atoms with Crippen LogP contribution in [0.4, 0.5) is 18.9 Å². The van der Waals surface area contributed by atoms with Gasteiger partial charge in [-0.05, 0) is 42.5 Å². The van der Waals surface area contributed by atoms with Crippen LogP contribution in [-0.2, 0) is 6.18 Å². The summed E-state index contributed by atoms with van der Waals surface area (Å²) in [4.78, 5) is 12.7. The molecule has 0 aliphatic carbocycles. The van der Waals surface area contributed by atoms with Crippen LogP contribution in [0.5, 0.6) is 5.75 Å². The number of nitrogens with zero attached hydrogens (tertiary/aromatic N) is 2. The topological polar surface area (TPSA) is 56.1 Å². The molecular weight excluding hydrogens is 490 g/mol. The van der Waals surface area contributed by atoms with Gasteiger partial charge in [-0.15, -0.1) is 0 Å². The van der Waals surface area contributed by atoms with Gasteiger partial charge in [-0.25, -0.2) is 4.68 Å². The summed E-state index contributed by atoms with van der Waals surface area (Å²) in [6.45, 7) is 0. The summed E-state index contributed by atoms with van der Waals surface area (Å²) < 4.78 is 46.5. The SMILES string of the molecule is COc1ccc(Cl)c(NC(=O)c2ccc(-c3cc(C(F)(F)F)nn3-c3ccccc3Cl)cc2)c1. The van der Waals surface area contributed by atoms with Crippen molar-refractivity contribution in [2.24, 2.45) is 0 Å². The molecule has 0 atom stereocenters. The van der Waals surface area contributed by atoms with Crippen molar-refractivity contribution < 1.29 is 22.7 Å². The largest absolute Gasteiger partial charge is 0.497 e. The molecule has 0 aliphatic heterocycles. The van der Waals surface area contributed by atoms with Crippen LogP contribution in [-0.4, -0.2) is 22.8 Å². The molecule has 174 valence electrons. The van der Waals surface area contributed by atoms with E-state index in [1.807, 2.05) is 0 Å². The molecule has 4 aromatic rings. The van der Waals surface area contributed by atoms with Crippen molar-refractivity contribution in [2.75, 3.05) is 12.4 Å². The zero-order valence-electron chi connectivity index (χ0n) is 17.5. The second-order valence-corrected chi connectivity index (χ2v) is 7.97. The normalized spacial score (nSPS) is 11.4. The van der Waals surface area contributed by atoms with E-state index in [1.54, 1.807) is 42.5 Å². The van der Waals surface area contributed by atoms with Gasteiger partial charge in [0.25, 0.3) is 5.91 Å². The zero-order chi connectivity index (χ0) is 24.5. The lowest BCUT2D eigenvalue weighted by molar-refractivity contribution is -0.141. The number of carbonyl (C=O) groups is 1. The number of anilines is 1. The quantitative estimate of drug-likeness (QED) is 0.314. The number of hydrogen-bond donors (Lipinski definition) is 1. The molecule has 0 saturated carbocycles. The molecule has 1 aromatic heterocycles. The van der Waals surface area contributed by atoms with Gasteiger partial charge < -0.3 is 10.1 Å². The molecule has 0 saturated heterocycles. The zero-order valence-corrected chi connectivity index (χ0v) is 19.0. The molecule has 0 unspecified atom stereocenters. The van der Waals surface area contributed by atoms with Gasteiger partial charge in [0.15, 0.2) is 5.69 Å². The molecule has 0 aliphatic rings. The Hall–Kier alpha value is -3.49. The fourth-order valence-corrected chi connectivity index (χ4v) is 3.63. The maximum absolute atomic E-state index is 13.4. The van der Waals surface area contributed by atoms with Crippen LogP contribution in [0.25, 0.3) is 16.9 Å². The highest BCUT2D eigenvalue weighted by molar-refractivity contribution is 6.34. The summed E-state index contributed by atoms with van der Waals surface area (Å²) in [6.07, 6.45) is -4.64. The number of halogens is 5. The van der Waals surface area contributed by atoms with Crippen molar-refractivity contribution in [3.63, 3.8) is 0 Å². The van der Waals surface area contributed by atoms with Crippen molar-refractivity contribution in [1.82, 2.24) is 9.78 Å². The number of para-hydroxylation sites is 1. The van der Waals surface area contributed by atoms with Crippen LogP contribution in [0.2, 0.25) is 10.0 Å². The molecule has 0 fully saturated rings. The average Bonchev–Trinajstić information content (AvgIpc) is 3.27. The summed E-state index contributed by atoms with van der Waals surface area (Å²) in [5, 5.41) is 6.99. The third-order valence-electron chi connectivity index (χ3n) is 4.95. The van der Waals surface area contributed by atoms with Gasteiger partial charge in [-0.3, -0.25) is 4.79 Å². The second kappa shape index (κ2) is 9.40. The van der Waals surface area contributed by atoms with E-state index in [1.165, 1.54) is 31.4 Å². The van der Waals surface area contributed by atoms with E-state index in [-0.39, 0.29) is 16.3 Å². The Morgan fingerprint density at radius 2 is 1.68 bits per heavy atom. The molecule has 0 spiro atoms. The Kier molecular flexibility index (Phi) is 6.54. The molecule has 10 heteroatoms. The molecule has 3 aromatic carbocycles. The summed E-state index contributed by atoms with van der Waals surface area (Å²) in [7, 11) is 1.49. The lowest BCUT2D eigenvalue weighted by Gasteiger charge is -2.11. The van der Waals surface area contributed by atoms with Gasteiger partial charge in [0, 0.05) is 17.2 Å². The average molecular weight is 506 g/mol. The van der Waals surface area contributed by atoms with Crippen LogP contribution in [0, 0.1) is 0 Å². The summed E-state index contributed by atoms with van der Waals surface area (Å²) >= 11 is 12.3. The van der Waals surface area contributed by atoms with Crippen molar-refractivity contribution in [1.29, 1.82) is 0 Å². The van der Waals surface area contributed by atoms with Crippen LogP contribution in [0.3, 0.4) is 0 Å². The molecule has 1 heterocycles. The summed E-state index contributed by atoms with van der Waals surface area (Å²) in [5.41, 5.74) is 0.465. The molecule has 1 N–H and O–H groups in total. The lowest BCUT2D eigenvalue weighted by atomic mass is 10.1. The van der Waals surface area contributed by atoms with Gasteiger partial charge >= 0.3 is 6.18 Å². The van der Waals surface area contributed by atoms with Gasteiger partial charge in [-0.1, -0.05) is 47.5 Å². The Morgan fingerprint density at radius 3 is 2.32 bits per heavy atom. The van der Waals surface area contributed by atoms with E-state index in [0.29, 0.717) is 27.7 Å². The smallest absolute Gasteiger partial charge is 0.435 e. The number of alkyl halides is 3. The number of methoxy groups -OCH3 is 1. The predicted octanol–water partition coefficient (Wildman–Crippen LogP) is 7.13. The number of rotatable bonds is 5. The molecule has 0 bridgehead atoms. The lowest BCUT2D eigenvalue weighted by Crippen LogP contribution is -2.12.